The predicted octanol–water partition coefficient (Wildman–Crippen LogP) is 5.20. The first-order valence-corrected chi connectivity index (χ1v) is 9.84. The largest absolute Gasteiger partial charge is 0.433 e. The molecule has 1 fully saturated rings. The lowest BCUT2D eigenvalue weighted by Gasteiger charge is -2.33. The van der Waals surface area contributed by atoms with E-state index in [9.17, 15) is 26.3 Å². The molecule has 0 spiro atoms. The lowest BCUT2D eigenvalue weighted by Crippen LogP contribution is -2.45. The molecule has 0 saturated carbocycles. The smallest absolute Gasteiger partial charge is 0.340 e. The molecule has 1 saturated heterocycles. The van der Waals surface area contributed by atoms with Gasteiger partial charge in [-0.25, -0.2) is 9.97 Å². The van der Waals surface area contributed by atoms with Crippen molar-refractivity contribution in [1.29, 1.82) is 0 Å². The van der Waals surface area contributed by atoms with Crippen molar-refractivity contribution in [2.24, 2.45) is 0 Å². The summed E-state index contributed by atoms with van der Waals surface area (Å²) in [5.74, 6) is -0.381. The summed E-state index contributed by atoms with van der Waals surface area (Å²) in [5.41, 5.74) is -2.36. The average molecular weight is 467 g/mol. The van der Waals surface area contributed by atoms with Gasteiger partial charge >= 0.3 is 12.4 Å². The van der Waals surface area contributed by atoms with Gasteiger partial charge in [-0.2, -0.15) is 26.3 Å². The van der Waals surface area contributed by atoms with Crippen LogP contribution in [0.25, 0.3) is 0 Å². The zero-order valence-electron chi connectivity index (χ0n) is 17.0. The van der Waals surface area contributed by atoms with E-state index in [0.29, 0.717) is 11.1 Å². The summed E-state index contributed by atoms with van der Waals surface area (Å²) in [6, 6.07) is 2.73. The molecule has 1 aromatic carbocycles. The Balaban J connectivity index is 2.04. The normalized spacial score (nSPS) is 19.9. The second-order valence-corrected chi connectivity index (χ2v) is 8.13. The first-order chi connectivity index (χ1) is 14.3. The summed E-state index contributed by atoms with van der Waals surface area (Å²) in [4.78, 5) is 8.66. The molecule has 1 aliphatic heterocycles. The molecule has 0 aliphatic carbocycles. The molecule has 0 radical (unpaired) electrons. The SMILES string of the molecule is CNCc1cnc(N2CCC(c3cc(C)c(C)c(Cl)c3)(C(F)(F)F)C2)nc1C(F)(F)F. The third-order valence-corrected chi connectivity index (χ3v) is 6.13. The minimum absolute atomic E-state index is 0.0153. The van der Waals surface area contributed by atoms with Crippen molar-refractivity contribution in [3.05, 3.63) is 51.3 Å². The van der Waals surface area contributed by atoms with Crippen molar-refractivity contribution in [2.45, 2.75) is 44.6 Å². The second-order valence-electron chi connectivity index (χ2n) is 7.72. The Labute approximate surface area is 180 Å². The molecule has 4 nitrogen and oxygen atoms in total. The van der Waals surface area contributed by atoms with E-state index >= 15 is 0 Å². The van der Waals surface area contributed by atoms with Gasteiger partial charge in [-0.15, -0.1) is 0 Å². The number of benzene rings is 1. The maximum atomic E-state index is 14.3. The van der Waals surface area contributed by atoms with Crippen LogP contribution in [0.2, 0.25) is 5.02 Å². The van der Waals surface area contributed by atoms with Crippen molar-refractivity contribution in [2.75, 3.05) is 25.0 Å². The van der Waals surface area contributed by atoms with Gasteiger partial charge in [0.25, 0.3) is 0 Å². The topological polar surface area (TPSA) is 41.1 Å². The summed E-state index contributed by atoms with van der Waals surface area (Å²) in [6.45, 7) is 2.51. The van der Waals surface area contributed by atoms with E-state index in [1.807, 2.05) is 0 Å². The number of aromatic nitrogens is 2. The number of hydrogen-bond acceptors (Lipinski definition) is 4. The van der Waals surface area contributed by atoms with Gasteiger partial charge in [-0.05, 0) is 50.1 Å². The lowest BCUT2D eigenvalue weighted by molar-refractivity contribution is -0.184. The average Bonchev–Trinajstić information content (AvgIpc) is 3.12. The molecule has 3 rings (SSSR count). The van der Waals surface area contributed by atoms with E-state index in [1.54, 1.807) is 13.8 Å². The number of aryl methyl sites for hydroxylation is 1. The summed E-state index contributed by atoms with van der Waals surface area (Å²) in [7, 11) is 1.47. The zero-order chi connectivity index (χ0) is 23.2. The molecule has 2 aromatic rings. The Morgan fingerprint density at radius 3 is 2.39 bits per heavy atom. The summed E-state index contributed by atoms with van der Waals surface area (Å²) in [5, 5.41) is 2.81. The fourth-order valence-corrected chi connectivity index (χ4v) is 4.09. The number of alkyl halides is 6. The molecule has 1 aromatic heterocycles. The van der Waals surface area contributed by atoms with Crippen LogP contribution in [0.4, 0.5) is 32.3 Å². The van der Waals surface area contributed by atoms with Crippen molar-refractivity contribution >= 4 is 17.5 Å². The quantitative estimate of drug-likeness (QED) is 0.629. The fraction of sp³-hybridized carbons (Fsp3) is 0.500. The Bertz CT molecular complexity index is 952. The number of hydrogen-bond donors (Lipinski definition) is 1. The summed E-state index contributed by atoms with van der Waals surface area (Å²) >= 11 is 6.14. The molecular weight excluding hydrogens is 446 g/mol. The Morgan fingerprint density at radius 2 is 1.84 bits per heavy atom. The highest BCUT2D eigenvalue weighted by Gasteiger charge is 2.59. The molecule has 2 heterocycles. The third kappa shape index (κ3) is 4.32. The van der Waals surface area contributed by atoms with Crippen molar-refractivity contribution in [3.63, 3.8) is 0 Å². The van der Waals surface area contributed by atoms with Crippen molar-refractivity contribution in [3.8, 4) is 0 Å². The molecule has 1 N–H and O–H groups in total. The van der Waals surface area contributed by atoms with Crippen LogP contribution < -0.4 is 10.2 Å². The first kappa shape index (κ1) is 23.6. The van der Waals surface area contributed by atoms with Gasteiger partial charge in [0.1, 0.15) is 5.41 Å². The Kier molecular flexibility index (Phi) is 6.18. The molecule has 0 bridgehead atoms. The van der Waals surface area contributed by atoms with E-state index < -0.39 is 30.0 Å². The molecule has 1 atom stereocenters. The summed E-state index contributed by atoms with van der Waals surface area (Å²) < 4.78 is 83.2. The molecule has 31 heavy (non-hydrogen) atoms. The number of nitrogens with one attached hydrogen (secondary N) is 1. The molecule has 1 aliphatic rings. The van der Waals surface area contributed by atoms with E-state index in [1.165, 1.54) is 19.2 Å². The number of halogens is 7. The number of rotatable bonds is 4. The van der Waals surface area contributed by atoms with Crippen LogP contribution in [-0.4, -0.2) is 36.3 Å². The molecular formula is C20H21ClF6N4. The van der Waals surface area contributed by atoms with Crippen LogP contribution in [-0.2, 0) is 18.1 Å². The third-order valence-electron chi connectivity index (χ3n) is 5.74. The fourth-order valence-electron chi connectivity index (χ4n) is 3.82. The van der Waals surface area contributed by atoms with E-state index in [2.05, 4.69) is 15.3 Å². The van der Waals surface area contributed by atoms with Gasteiger partial charge in [-0.1, -0.05) is 17.7 Å². The van der Waals surface area contributed by atoms with Gasteiger partial charge in [0, 0.05) is 36.4 Å². The first-order valence-electron chi connectivity index (χ1n) is 9.47. The number of nitrogens with zero attached hydrogens (tertiary/aromatic N) is 3. The highest BCUT2D eigenvalue weighted by Crippen LogP contribution is 2.49. The van der Waals surface area contributed by atoms with Gasteiger partial charge in [0.05, 0.1) is 0 Å². The van der Waals surface area contributed by atoms with Crippen LogP contribution in [0, 0.1) is 13.8 Å². The van der Waals surface area contributed by atoms with E-state index in [-0.39, 0.29) is 41.6 Å². The van der Waals surface area contributed by atoms with E-state index in [4.69, 9.17) is 11.6 Å². The molecule has 11 heteroatoms. The van der Waals surface area contributed by atoms with Gasteiger partial charge < -0.3 is 10.2 Å². The standard InChI is InChI=1S/C20H21ClF6N4/c1-11-6-14(7-15(21)12(11)2)18(20(25,26)27)4-5-31(10-18)17-29-9-13(8-28-3)16(30-17)19(22,23)24/h6-7,9,28H,4-5,8,10H2,1-3H3. The van der Waals surface area contributed by atoms with Crippen LogP contribution in [0.1, 0.15) is 34.4 Å². The maximum absolute atomic E-state index is 14.3. The number of anilines is 1. The van der Waals surface area contributed by atoms with Crippen LogP contribution in [0.15, 0.2) is 18.3 Å². The van der Waals surface area contributed by atoms with Crippen LogP contribution in [0.3, 0.4) is 0 Å². The van der Waals surface area contributed by atoms with Gasteiger partial charge in [0.15, 0.2) is 5.69 Å². The highest BCUT2D eigenvalue weighted by molar-refractivity contribution is 6.31. The predicted molar refractivity (Wildman–Crippen MR) is 105 cm³/mol. The minimum Gasteiger partial charge on any atom is -0.340 e. The Hall–Kier alpha value is -2.07. The zero-order valence-corrected chi connectivity index (χ0v) is 17.8. The maximum Gasteiger partial charge on any atom is 0.433 e. The van der Waals surface area contributed by atoms with Crippen molar-refractivity contribution in [1.82, 2.24) is 15.3 Å². The van der Waals surface area contributed by atoms with Gasteiger partial charge in [-0.3, -0.25) is 0 Å². The molecule has 1 unspecified atom stereocenters. The molecule has 170 valence electrons. The minimum atomic E-state index is -4.76. The van der Waals surface area contributed by atoms with Crippen molar-refractivity contribution < 1.29 is 26.3 Å². The summed E-state index contributed by atoms with van der Waals surface area (Å²) in [6.07, 6.45) is -8.75. The van der Waals surface area contributed by atoms with Crippen LogP contribution in [0.5, 0.6) is 0 Å². The highest BCUT2D eigenvalue weighted by atomic mass is 35.5. The molecule has 0 amide bonds. The van der Waals surface area contributed by atoms with Gasteiger partial charge in [0.2, 0.25) is 5.95 Å². The monoisotopic (exact) mass is 466 g/mol. The van der Waals surface area contributed by atoms with Crippen LogP contribution >= 0.6 is 11.6 Å². The Morgan fingerprint density at radius 1 is 1.16 bits per heavy atom. The van der Waals surface area contributed by atoms with E-state index in [0.717, 1.165) is 11.1 Å². The second kappa shape index (κ2) is 8.12. The lowest BCUT2D eigenvalue weighted by atomic mass is 9.78.